The van der Waals surface area contributed by atoms with E-state index in [0.29, 0.717) is 11.7 Å². The van der Waals surface area contributed by atoms with Gasteiger partial charge in [0.15, 0.2) is 0 Å². The largest absolute Gasteiger partial charge is 0.299 e. The van der Waals surface area contributed by atoms with Crippen LogP contribution in [0.2, 0.25) is 0 Å². The van der Waals surface area contributed by atoms with Gasteiger partial charge in [-0.05, 0) is 36.0 Å². The molecule has 0 amide bonds. The second kappa shape index (κ2) is 12.9. The average molecular weight is 345 g/mol. The molecule has 0 aromatic heterocycles. The Morgan fingerprint density at radius 1 is 1.12 bits per heavy atom. The van der Waals surface area contributed by atoms with Crippen LogP contribution >= 0.6 is 0 Å². The van der Waals surface area contributed by atoms with E-state index >= 15 is 0 Å². The molecule has 0 aliphatic carbocycles. The zero-order valence-corrected chi connectivity index (χ0v) is 17.7. The molecule has 25 heavy (non-hydrogen) atoms. The molecule has 0 aliphatic heterocycles. The normalized spacial score (nSPS) is 11.9. The molecule has 142 valence electrons. The van der Waals surface area contributed by atoms with E-state index in [0.717, 1.165) is 12.0 Å². The lowest BCUT2D eigenvalue weighted by molar-refractivity contribution is -0.123. The standard InChI is InChI=1S/C22H34O.C2H6/c1-7-10-18(11-8-2)15-21(22(23)16(4)5)20-13-12-19(9-3)17(6)14-20;1-2/h9,12-14,16,18,21H,3,7-8,10-11,15H2,1-2,4-6H3;1-2H3. The predicted molar refractivity (Wildman–Crippen MR) is 113 cm³/mol. The fraction of sp³-hybridized carbons (Fsp3) is 0.625. The number of aryl methyl sites for hydroxylation is 1. The minimum atomic E-state index is 0.0377. The number of hydrogen-bond donors (Lipinski definition) is 0. The van der Waals surface area contributed by atoms with Crippen LogP contribution in [-0.2, 0) is 4.79 Å². The number of ketones is 1. The summed E-state index contributed by atoms with van der Waals surface area (Å²) in [7, 11) is 0. The first-order valence-corrected chi connectivity index (χ1v) is 10.2. The van der Waals surface area contributed by atoms with Crippen LogP contribution in [0, 0.1) is 18.8 Å². The molecule has 0 fully saturated rings. The second-order valence-corrected chi connectivity index (χ2v) is 7.11. The van der Waals surface area contributed by atoms with Gasteiger partial charge in [-0.3, -0.25) is 4.79 Å². The highest BCUT2D eigenvalue weighted by molar-refractivity contribution is 5.87. The zero-order valence-electron chi connectivity index (χ0n) is 17.7. The quantitative estimate of drug-likeness (QED) is 0.427. The molecule has 1 nitrogen and oxygen atoms in total. The Hall–Kier alpha value is -1.37. The SMILES string of the molecule is C=Cc1ccc(C(CC(CCC)CCC)C(=O)C(C)C)cc1C.CC. The summed E-state index contributed by atoms with van der Waals surface area (Å²) in [5.41, 5.74) is 3.55. The molecular weight excluding hydrogens is 304 g/mol. The van der Waals surface area contributed by atoms with E-state index in [-0.39, 0.29) is 11.8 Å². The Morgan fingerprint density at radius 2 is 1.68 bits per heavy atom. The number of hydrogen-bond acceptors (Lipinski definition) is 1. The van der Waals surface area contributed by atoms with E-state index in [4.69, 9.17) is 0 Å². The van der Waals surface area contributed by atoms with Crippen molar-refractivity contribution in [3.05, 3.63) is 41.5 Å². The lowest BCUT2D eigenvalue weighted by atomic mass is 9.79. The average Bonchev–Trinajstić information content (AvgIpc) is 2.61. The Bertz CT molecular complexity index is 507. The molecule has 1 atom stereocenters. The van der Waals surface area contributed by atoms with Crippen molar-refractivity contribution in [2.45, 2.75) is 86.5 Å². The maximum atomic E-state index is 12.8. The monoisotopic (exact) mass is 344 g/mol. The van der Waals surface area contributed by atoms with Crippen molar-refractivity contribution in [3.63, 3.8) is 0 Å². The molecular formula is C24H40O. The highest BCUT2D eigenvalue weighted by atomic mass is 16.1. The summed E-state index contributed by atoms with van der Waals surface area (Å²) < 4.78 is 0. The van der Waals surface area contributed by atoms with Gasteiger partial charge >= 0.3 is 0 Å². The molecule has 0 saturated carbocycles. The van der Waals surface area contributed by atoms with Gasteiger partial charge in [-0.15, -0.1) is 0 Å². The number of carbonyl (C=O) groups excluding carboxylic acids is 1. The summed E-state index contributed by atoms with van der Waals surface area (Å²) in [6.07, 6.45) is 7.71. The van der Waals surface area contributed by atoms with E-state index in [1.54, 1.807) is 0 Å². The molecule has 1 aromatic carbocycles. The van der Waals surface area contributed by atoms with Crippen LogP contribution in [0.5, 0.6) is 0 Å². The van der Waals surface area contributed by atoms with Crippen LogP contribution in [0.15, 0.2) is 24.8 Å². The fourth-order valence-electron chi connectivity index (χ4n) is 3.49. The van der Waals surface area contributed by atoms with Crippen LogP contribution in [0.25, 0.3) is 6.08 Å². The van der Waals surface area contributed by atoms with Gasteiger partial charge in [-0.2, -0.15) is 0 Å². The van der Waals surface area contributed by atoms with E-state index < -0.39 is 0 Å². The van der Waals surface area contributed by atoms with Gasteiger partial charge in [0.1, 0.15) is 5.78 Å². The molecule has 0 aliphatic rings. The molecule has 0 bridgehead atoms. The first kappa shape index (κ1) is 23.6. The third-order valence-corrected chi connectivity index (χ3v) is 4.79. The van der Waals surface area contributed by atoms with Gasteiger partial charge in [-0.25, -0.2) is 0 Å². The van der Waals surface area contributed by atoms with Crippen molar-refractivity contribution in [3.8, 4) is 0 Å². The maximum Gasteiger partial charge on any atom is 0.142 e. The van der Waals surface area contributed by atoms with Crippen LogP contribution in [0.4, 0.5) is 0 Å². The molecule has 0 N–H and O–H groups in total. The molecule has 0 spiro atoms. The summed E-state index contributed by atoms with van der Waals surface area (Å²) in [5, 5.41) is 0. The van der Waals surface area contributed by atoms with Crippen molar-refractivity contribution in [1.29, 1.82) is 0 Å². The highest BCUT2D eigenvalue weighted by Crippen LogP contribution is 2.32. The van der Waals surface area contributed by atoms with Crippen molar-refractivity contribution in [2.24, 2.45) is 11.8 Å². The zero-order chi connectivity index (χ0) is 19.4. The Kier molecular flexibility index (Phi) is 12.2. The third kappa shape index (κ3) is 7.59. The smallest absolute Gasteiger partial charge is 0.142 e. The number of rotatable bonds is 10. The van der Waals surface area contributed by atoms with Gasteiger partial charge < -0.3 is 0 Å². The van der Waals surface area contributed by atoms with Crippen LogP contribution in [-0.4, -0.2) is 5.78 Å². The van der Waals surface area contributed by atoms with Crippen LogP contribution < -0.4 is 0 Å². The van der Waals surface area contributed by atoms with Crippen molar-refractivity contribution < 1.29 is 4.79 Å². The number of carbonyl (C=O) groups is 1. The van der Waals surface area contributed by atoms with Crippen molar-refractivity contribution >= 4 is 11.9 Å². The van der Waals surface area contributed by atoms with E-state index in [9.17, 15) is 4.79 Å². The minimum Gasteiger partial charge on any atom is -0.299 e. The summed E-state index contributed by atoms with van der Waals surface area (Å²) in [6, 6.07) is 6.42. The fourth-order valence-corrected chi connectivity index (χ4v) is 3.49. The first-order chi connectivity index (χ1) is 11.9. The van der Waals surface area contributed by atoms with E-state index in [1.165, 1.54) is 36.8 Å². The maximum absolute atomic E-state index is 12.8. The second-order valence-electron chi connectivity index (χ2n) is 7.11. The Balaban J connectivity index is 0.00000277. The van der Waals surface area contributed by atoms with Crippen molar-refractivity contribution in [2.75, 3.05) is 0 Å². The summed E-state index contributed by atoms with van der Waals surface area (Å²) in [4.78, 5) is 12.8. The highest BCUT2D eigenvalue weighted by Gasteiger charge is 2.26. The lowest BCUT2D eigenvalue weighted by Crippen LogP contribution is -2.21. The van der Waals surface area contributed by atoms with E-state index in [1.807, 2.05) is 33.8 Å². The third-order valence-electron chi connectivity index (χ3n) is 4.79. The summed E-state index contributed by atoms with van der Waals surface area (Å²) in [5.74, 6) is 1.16. The van der Waals surface area contributed by atoms with Gasteiger partial charge in [-0.1, -0.05) is 98.1 Å². The van der Waals surface area contributed by atoms with Crippen LogP contribution in [0.1, 0.15) is 96.3 Å². The number of benzene rings is 1. The Morgan fingerprint density at radius 3 is 2.08 bits per heavy atom. The molecule has 1 rings (SSSR count). The van der Waals surface area contributed by atoms with Gasteiger partial charge in [0.25, 0.3) is 0 Å². The van der Waals surface area contributed by atoms with E-state index in [2.05, 4.69) is 45.5 Å². The molecule has 0 heterocycles. The molecule has 1 unspecified atom stereocenters. The van der Waals surface area contributed by atoms with Crippen LogP contribution in [0.3, 0.4) is 0 Å². The van der Waals surface area contributed by atoms with Crippen molar-refractivity contribution in [1.82, 2.24) is 0 Å². The minimum absolute atomic E-state index is 0.0377. The summed E-state index contributed by atoms with van der Waals surface area (Å²) in [6.45, 7) is 18.5. The number of Topliss-reactive ketones (excluding diaryl/α,β-unsaturated/α-hetero) is 1. The van der Waals surface area contributed by atoms with Gasteiger partial charge in [0.2, 0.25) is 0 Å². The Labute approximate surface area is 156 Å². The molecule has 1 aromatic rings. The first-order valence-electron chi connectivity index (χ1n) is 10.2. The lowest BCUT2D eigenvalue weighted by Gasteiger charge is -2.25. The topological polar surface area (TPSA) is 17.1 Å². The van der Waals surface area contributed by atoms with Gasteiger partial charge in [0, 0.05) is 11.8 Å². The van der Waals surface area contributed by atoms with Gasteiger partial charge in [0.05, 0.1) is 0 Å². The molecule has 0 radical (unpaired) electrons. The predicted octanol–water partition coefficient (Wildman–Crippen LogP) is 7.58. The molecule has 1 heteroatoms. The summed E-state index contributed by atoms with van der Waals surface area (Å²) >= 11 is 0. The molecule has 0 saturated heterocycles.